The number of nitrogens with zero attached hydrogens (tertiary/aromatic N) is 3. The van der Waals surface area contributed by atoms with Crippen LogP contribution in [0.3, 0.4) is 0 Å². The summed E-state index contributed by atoms with van der Waals surface area (Å²) in [5.41, 5.74) is 6.41. The smallest absolute Gasteiger partial charge is 0.222 e. The highest BCUT2D eigenvalue weighted by molar-refractivity contribution is 5.72. The van der Waals surface area contributed by atoms with E-state index in [4.69, 9.17) is 15.2 Å². The lowest BCUT2D eigenvalue weighted by Gasteiger charge is -2.12. The lowest BCUT2D eigenvalue weighted by molar-refractivity contribution is 0.396. The summed E-state index contributed by atoms with van der Waals surface area (Å²) in [6.07, 6.45) is 0. The zero-order chi connectivity index (χ0) is 12.4. The van der Waals surface area contributed by atoms with Gasteiger partial charge in [-0.25, -0.2) is 0 Å². The number of hydrogen-bond acceptors (Lipinski definition) is 5. The standard InChI is InChI=1S/C11H14N4O2/c1-15-10(13-14-11(15)12)9-7(16-2)5-4-6-8(9)17-3/h4-6H,1-3H3,(H2,12,14). The molecule has 17 heavy (non-hydrogen) atoms. The summed E-state index contributed by atoms with van der Waals surface area (Å²) in [6.45, 7) is 0. The summed E-state index contributed by atoms with van der Waals surface area (Å²) in [6, 6.07) is 5.52. The van der Waals surface area contributed by atoms with Gasteiger partial charge in [0.25, 0.3) is 0 Å². The number of nitrogens with two attached hydrogens (primary N) is 1. The molecular formula is C11H14N4O2. The van der Waals surface area contributed by atoms with Gasteiger partial charge in [-0.05, 0) is 12.1 Å². The molecular weight excluding hydrogens is 220 g/mol. The maximum absolute atomic E-state index is 5.67. The molecule has 1 aromatic carbocycles. The number of aromatic nitrogens is 3. The largest absolute Gasteiger partial charge is 0.496 e. The minimum atomic E-state index is 0.341. The average molecular weight is 234 g/mol. The molecule has 0 unspecified atom stereocenters. The molecule has 1 aromatic heterocycles. The molecule has 2 rings (SSSR count). The number of ether oxygens (including phenoxy) is 2. The minimum absolute atomic E-state index is 0.341. The second-order valence-electron chi connectivity index (χ2n) is 3.48. The van der Waals surface area contributed by atoms with E-state index in [0.29, 0.717) is 23.3 Å². The Bertz CT molecular complexity index is 514. The third-order valence-electron chi connectivity index (χ3n) is 2.56. The third kappa shape index (κ3) is 1.77. The Morgan fingerprint density at radius 3 is 2.12 bits per heavy atom. The maximum atomic E-state index is 5.67. The number of anilines is 1. The van der Waals surface area contributed by atoms with Crippen molar-refractivity contribution in [3.63, 3.8) is 0 Å². The van der Waals surface area contributed by atoms with Gasteiger partial charge < -0.3 is 15.2 Å². The van der Waals surface area contributed by atoms with E-state index in [0.717, 1.165) is 5.56 Å². The molecule has 0 amide bonds. The molecule has 0 aliphatic rings. The molecule has 0 radical (unpaired) electrons. The quantitative estimate of drug-likeness (QED) is 0.860. The van der Waals surface area contributed by atoms with E-state index < -0.39 is 0 Å². The Morgan fingerprint density at radius 2 is 1.71 bits per heavy atom. The van der Waals surface area contributed by atoms with Crippen molar-refractivity contribution < 1.29 is 9.47 Å². The SMILES string of the molecule is COc1cccc(OC)c1-c1nnc(N)n1C. The van der Waals surface area contributed by atoms with Gasteiger partial charge >= 0.3 is 0 Å². The van der Waals surface area contributed by atoms with E-state index in [1.165, 1.54) is 0 Å². The molecule has 0 fully saturated rings. The van der Waals surface area contributed by atoms with E-state index in [-0.39, 0.29) is 0 Å². The number of methoxy groups -OCH3 is 2. The zero-order valence-electron chi connectivity index (χ0n) is 9.97. The molecule has 90 valence electrons. The first-order chi connectivity index (χ1) is 8.19. The molecule has 0 atom stereocenters. The van der Waals surface area contributed by atoms with Gasteiger partial charge in [0, 0.05) is 7.05 Å². The normalized spacial score (nSPS) is 10.3. The third-order valence-corrected chi connectivity index (χ3v) is 2.56. The van der Waals surface area contributed by atoms with Crippen LogP contribution in [0.15, 0.2) is 18.2 Å². The van der Waals surface area contributed by atoms with Crippen LogP contribution in [-0.2, 0) is 7.05 Å². The number of hydrogen-bond donors (Lipinski definition) is 1. The molecule has 6 heteroatoms. The van der Waals surface area contributed by atoms with Crippen LogP contribution in [0.1, 0.15) is 0 Å². The van der Waals surface area contributed by atoms with E-state index >= 15 is 0 Å². The number of benzene rings is 1. The van der Waals surface area contributed by atoms with Crippen LogP contribution in [0.2, 0.25) is 0 Å². The molecule has 0 saturated carbocycles. The molecule has 0 bridgehead atoms. The van der Waals surface area contributed by atoms with Crippen molar-refractivity contribution in [1.82, 2.24) is 14.8 Å². The first-order valence-electron chi connectivity index (χ1n) is 5.05. The van der Waals surface area contributed by atoms with E-state index in [9.17, 15) is 0 Å². The van der Waals surface area contributed by atoms with Crippen molar-refractivity contribution in [2.45, 2.75) is 0 Å². The second kappa shape index (κ2) is 4.32. The van der Waals surface area contributed by atoms with Crippen molar-refractivity contribution >= 4 is 5.95 Å². The first-order valence-corrected chi connectivity index (χ1v) is 5.05. The molecule has 2 aromatic rings. The lowest BCUT2D eigenvalue weighted by atomic mass is 10.1. The van der Waals surface area contributed by atoms with Gasteiger partial charge in [0.05, 0.1) is 14.2 Å². The zero-order valence-corrected chi connectivity index (χ0v) is 9.97. The summed E-state index contributed by atoms with van der Waals surface area (Å²) < 4.78 is 12.3. The van der Waals surface area contributed by atoms with Crippen molar-refractivity contribution in [2.75, 3.05) is 20.0 Å². The van der Waals surface area contributed by atoms with Crippen molar-refractivity contribution in [3.8, 4) is 22.9 Å². The van der Waals surface area contributed by atoms with E-state index in [1.54, 1.807) is 25.8 Å². The minimum Gasteiger partial charge on any atom is -0.496 e. The van der Waals surface area contributed by atoms with Crippen LogP contribution < -0.4 is 15.2 Å². The Hall–Kier alpha value is -2.24. The van der Waals surface area contributed by atoms with Crippen molar-refractivity contribution in [2.24, 2.45) is 7.05 Å². The topological polar surface area (TPSA) is 75.2 Å². The van der Waals surface area contributed by atoms with Gasteiger partial charge in [-0.2, -0.15) is 0 Å². The highest BCUT2D eigenvalue weighted by Crippen LogP contribution is 2.37. The molecule has 0 saturated heterocycles. The fourth-order valence-electron chi connectivity index (χ4n) is 1.63. The number of nitrogen functional groups attached to an aromatic ring is 1. The van der Waals surface area contributed by atoms with Crippen LogP contribution in [0.5, 0.6) is 11.5 Å². The predicted molar refractivity (Wildman–Crippen MR) is 64.0 cm³/mol. The van der Waals surface area contributed by atoms with Crippen molar-refractivity contribution in [3.05, 3.63) is 18.2 Å². The van der Waals surface area contributed by atoms with Gasteiger partial charge in [-0.15, -0.1) is 10.2 Å². The summed E-state index contributed by atoms with van der Waals surface area (Å²) in [7, 11) is 4.98. The van der Waals surface area contributed by atoms with E-state index in [1.807, 2.05) is 18.2 Å². The van der Waals surface area contributed by atoms with Gasteiger partial charge in [-0.3, -0.25) is 4.57 Å². The summed E-state index contributed by atoms with van der Waals surface area (Å²) in [5, 5.41) is 7.85. The van der Waals surface area contributed by atoms with Gasteiger partial charge in [-0.1, -0.05) is 6.07 Å². The molecule has 2 N–H and O–H groups in total. The van der Waals surface area contributed by atoms with Gasteiger partial charge in [0.2, 0.25) is 5.95 Å². The monoisotopic (exact) mass is 234 g/mol. The second-order valence-corrected chi connectivity index (χ2v) is 3.48. The van der Waals surface area contributed by atoms with Gasteiger partial charge in [0.1, 0.15) is 17.1 Å². The molecule has 0 aliphatic heterocycles. The fraction of sp³-hybridized carbons (Fsp3) is 0.273. The van der Waals surface area contributed by atoms with Crippen LogP contribution in [0, 0.1) is 0 Å². The Labute approximate surface area is 99.0 Å². The summed E-state index contributed by atoms with van der Waals surface area (Å²) in [5.74, 6) is 2.28. The molecule has 1 heterocycles. The Balaban J connectivity index is 2.68. The molecule has 0 spiro atoms. The van der Waals surface area contributed by atoms with Crippen LogP contribution in [0.4, 0.5) is 5.95 Å². The van der Waals surface area contributed by atoms with E-state index in [2.05, 4.69) is 10.2 Å². The Kier molecular flexibility index (Phi) is 2.86. The molecule has 6 nitrogen and oxygen atoms in total. The number of rotatable bonds is 3. The highest BCUT2D eigenvalue weighted by Gasteiger charge is 2.18. The summed E-state index contributed by atoms with van der Waals surface area (Å²) in [4.78, 5) is 0. The predicted octanol–water partition coefficient (Wildman–Crippen LogP) is 1.08. The first kappa shape index (κ1) is 11.3. The lowest BCUT2D eigenvalue weighted by Crippen LogP contribution is -2.01. The van der Waals surface area contributed by atoms with Crippen molar-refractivity contribution in [1.29, 1.82) is 0 Å². The van der Waals surface area contributed by atoms with Crippen LogP contribution >= 0.6 is 0 Å². The van der Waals surface area contributed by atoms with Crippen LogP contribution in [0.25, 0.3) is 11.4 Å². The summed E-state index contributed by atoms with van der Waals surface area (Å²) >= 11 is 0. The maximum Gasteiger partial charge on any atom is 0.222 e. The Morgan fingerprint density at radius 1 is 1.12 bits per heavy atom. The van der Waals surface area contributed by atoms with Crippen LogP contribution in [-0.4, -0.2) is 29.0 Å². The fourth-order valence-corrected chi connectivity index (χ4v) is 1.63. The highest BCUT2D eigenvalue weighted by atomic mass is 16.5. The average Bonchev–Trinajstić information content (AvgIpc) is 2.69. The molecule has 0 aliphatic carbocycles. The van der Waals surface area contributed by atoms with Gasteiger partial charge in [0.15, 0.2) is 5.82 Å².